The summed E-state index contributed by atoms with van der Waals surface area (Å²) in [5, 5.41) is 10.2. The topological polar surface area (TPSA) is 85.3 Å². The normalized spacial score (nSPS) is 15.0. The van der Waals surface area contributed by atoms with Gasteiger partial charge in [0.15, 0.2) is 23.1 Å². The van der Waals surface area contributed by atoms with Crippen LogP contribution in [0.4, 0.5) is 8.78 Å². The zero-order valence-electron chi connectivity index (χ0n) is 22.1. The highest BCUT2D eigenvalue weighted by atomic mass is 19.1. The van der Waals surface area contributed by atoms with E-state index in [1.807, 2.05) is 30.3 Å². The number of nitrogens with zero attached hydrogens (tertiary/aromatic N) is 1. The Kier molecular flexibility index (Phi) is 8.14. The molecular formula is C32H27F2NO6. The van der Waals surface area contributed by atoms with E-state index in [1.54, 1.807) is 42.5 Å². The van der Waals surface area contributed by atoms with Crippen LogP contribution >= 0.6 is 0 Å². The van der Waals surface area contributed by atoms with Gasteiger partial charge >= 0.3 is 5.97 Å². The fraction of sp³-hybridized carbons (Fsp3) is 0.188. The van der Waals surface area contributed by atoms with E-state index in [1.165, 1.54) is 12.0 Å². The van der Waals surface area contributed by atoms with Gasteiger partial charge in [0.1, 0.15) is 18.5 Å². The molecule has 0 radical (unpaired) electrons. The number of rotatable bonds is 9. The number of benzene rings is 4. The van der Waals surface area contributed by atoms with Crippen LogP contribution in [0.2, 0.25) is 0 Å². The number of carbonyl (C=O) groups excluding carboxylic acids is 1. The van der Waals surface area contributed by atoms with Gasteiger partial charge in [-0.25, -0.2) is 13.6 Å². The second-order valence-electron chi connectivity index (χ2n) is 9.52. The first kappa shape index (κ1) is 27.6. The zero-order chi connectivity index (χ0) is 28.9. The highest BCUT2D eigenvalue weighted by Gasteiger charge is 2.40. The van der Waals surface area contributed by atoms with Crippen molar-refractivity contribution in [2.75, 3.05) is 7.11 Å². The molecule has 41 heavy (non-hydrogen) atoms. The minimum Gasteiger partial charge on any atom is -0.493 e. The smallest absolute Gasteiger partial charge is 0.326 e. The van der Waals surface area contributed by atoms with E-state index < -0.39 is 35.7 Å². The van der Waals surface area contributed by atoms with Crippen LogP contribution in [0.1, 0.15) is 28.4 Å². The van der Waals surface area contributed by atoms with Crippen molar-refractivity contribution < 1.29 is 37.7 Å². The van der Waals surface area contributed by atoms with E-state index in [2.05, 4.69) is 0 Å². The lowest BCUT2D eigenvalue weighted by Crippen LogP contribution is -2.51. The van der Waals surface area contributed by atoms with Crippen molar-refractivity contribution in [1.29, 1.82) is 0 Å². The molecule has 9 heteroatoms. The number of hydrogen-bond donors (Lipinski definition) is 1. The van der Waals surface area contributed by atoms with E-state index >= 15 is 0 Å². The molecule has 1 N–H and O–H groups in total. The van der Waals surface area contributed by atoms with Crippen LogP contribution < -0.4 is 14.2 Å². The Labute approximate surface area is 235 Å². The van der Waals surface area contributed by atoms with E-state index in [4.69, 9.17) is 14.2 Å². The van der Waals surface area contributed by atoms with Crippen molar-refractivity contribution in [1.82, 2.24) is 4.90 Å². The SMILES string of the molecule is COc1ccc2c(c1OCc1ccccc1)C[C@H](C(=O)O)N(C(=O)[C@@H](Oc1ccc(F)cc1F)c1ccccc1)C2. The number of carbonyl (C=O) groups is 2. The summed E-state index contributed by atoms with van der Waals surface area (Å²) in [5.74, 6) is -3.15. The molecule has 1 amide bonds. The predicted molar refractivity (Wildman–Crippen MR) is 146 cm³/mol. The molecule has 0 bridgehead atoms. The summed E-state index contributed by atoms with van der Waals surface area (Å²) in [5.41, 5.74) is 2.61. The van der Waals surface area contributed by atoms with E-state index in [0.29, 0.717) is 34.3 Å². The monoisotopic (exact) mass is 559 g/mol. The van der Waals surface area contributed by atoms with E-state index in [0.717, 1.165) is 17.7 Å². The molecular weight excluding hydrogens is 532 g/mol. The van der Waals surface area contributed by atoms with Gasteiger partial charge < -0.3 is 24.2 Å². The molecule has 1 heterocycles. The molecule has 0 spiro atoms. The predicted octanol–water partition coefficient (Wildman–Crippen LogP) is 5.71. The number of fused-ring (bicyclic) bond motifs is 1. The Hall–Kier alpha value is -4.92. The molecule has 4 aromatic rings. The number of ether oxygens (including phenoxy) is 3. The molecule has 0 fully saturated rings. The summed E-state index contributed by atoms with van der Waals surface area (Å²) in [6.07, 6.45) is -1.43. The highest BCUT2D eigenvalue weighted by molar-refractivity contribution is 5.88. The number of halogens is 2. The van der Waals surface area contributed by atoms with Crippen molar-refractivity contribution in [2.24, 2.45) is 0 Å². The van der Waals surface area contributed by atoms with Gasteiger partial charge in [0.2, 0.25) is 6.10 Å². The van der Waals surface area contributed by atoms with Crippen LogP contribution in [0.25, 0.3) is 0 Å². The minimum absolute atomic E-state index is 0.0514. The molecule has 1 aliphatic heterocycles. The second kappa shape index (κ2) is 12.1. The molecule has 7 nitrogen and oxygen atoms in total. The molecule has 0 unspecified atom stereocenters. The van der Waals surface area contributed by atoms with Crippen LogP contribution in [0.15, 0.2) is 91.0 Å². The average Bonchev–Trinajstić information content (AvgIpc) is 2.99. The first-order valence-corrected chi connectivity index (χ1v) is 12.9. The fourth-order valence-electron chi connectivity index (χ4n) is 4.85. The van der Waals surface area contributed by atoms with Gasteiger partial charge in [-0.3, -0.25) is 4.79 Å². The third kappa shape index (κ3) is 5.99. The van der Waals surface area contributed by atoms with Crippen LogP contribution in [0.5, 0.6) is 17.2 Å². The summed E-state index contributed by atoms with van der Waals surface area (Å²) in [6.45, 7) is 0.177. The Morgan fingerprint density at radius 3 is 2.29 bits per heavy atom. The number of amides is 1. The quantitative estimate of drug-likeness (QED) is 0.283. The highest BCUT2D eigenvalue weighted by Crippen LogP contribution is 2.40. The Bertz CT molecular complexity index is 1550. The van der Waals surface area contributed by atoms with Crippen molar-refractivity contribution in [3.63, 3.8) is 0 Å². The van der Waals surface area contributed by atoms with Gasteiger partial charge in [-0.15, -0.1) is 0 Å². The molecule has 0 aromatic heterocycles. The van der Waals surface area contributed by atoms with Gasteiger partial charge in [0.25, 0.3) is 5.91 Å². The summed E-state index contributed by atoms with van der Waals surface area (Å²) in [7, 11) is 1.50. The summed E-state index contributed by atoms with van der Waals surface area (Å²) in [6, 6.07) is 22.8. The lowest BCUT2D eigenvalue weighted by atomic mass is 9.91. The second-order valence-corrected chi connectivity index (χ2v) is 9.52. The molecule has 4 aromatic carbocycles. The van der Waals surface area contributed by atoms with Gasteiger partial charge in [0.05, 0.1) is 7.11 Å². The molecule has 0 saturated heterocycles. The van der Waals surface area contributed by atoms with E-state index in [-0.39, 0.29) is 25.3 Å². The largest absolute Gasteiger partial charge is 0.493 e. The lowest BCUT2D eigenvalue weighted by Gasteiger charge is -2.37. The van der Waals surface area contributed by atoms with Crippen LogP contribution in [-0.2, 0) is 29.2 Å². The third-order valence-corrected chi connectivity index (χ3v) is 6.92. The molecule has 210 valence electrons. The van der Waals surface area contributed by atoms with Crippen molar-refractivity contribution in [2.45, 2.75) is 31.7 Å². The number of hydrogen-bond acceptors (Lipinski definition) is 5. The van der Waals surface area contributed by atoms with Crippen LogP contribution in [0, 0.1) is 11.6 Å². The average molecular weight is 560 g/mol. The molecule has 0 saturated carbocycles. The van der Waals surface area contributed by atoms with Gasteiger partial charge in [-0.1, -0.05) is 66.7 Å². The third-order valence-electron chi connectivity index (χ3n) is 6.92. The maximum atomic E-state index is 14.5. The Morgan fingerprint density at radius 1 is 0.951 bits per heavy atom. The first-order chi connectivity index (χ1) is 19.9. The van der Waals surface area contributed by atoms with Gasteiger partial charge in [-0.2, -0.15) is 0 Å². The summed E-state index contributed by atoms with van der Waals surface area (Å²) >= 11 is 0. The van der Waals surface area contributed by atoms with Gasteiger partial charge in [0, 0.05) is 30.2 Å². The minimum atomic E-state index is -1.38. The number of methoxy groups -OCH3 is 1. The summed E-state index contributed by atoms with van der Waals surface area (Å²) < 4.78 is 45.5. The molecule has 5 rings (SSSR count). The maximum Gasteiger partial charge on any atom is 0.326 e. The van der Waals surface area contributed by atoms with Crippen molar-refractivity contribution in [3.8, 4) is 17.2 Å². The lowest BCUT2D eigenvalue weighted by molar-refractivity contribution is -0.155. The maximum absolute atomic E-state index is 14.5. The number of carboxylic acid groups (broad SMARTS) is 1. The molecule has 0 aliphatic carbocycles. The van der Waals surface area contributed by atoms with Crippen LogP contribution in [0.3, 0.4) is 0 Å². The van der Waals surface area contributed by atoms with Crippen LogP contribution in [-0.4, -0.2) is 35.0 Å². The Balaban J connectivity index is 1.50. The van der Waals surface area contributed by atoms with E-state index in [9.17, 15) is 23.5 Å². The molecule has 2 atom stereocenters. The standard InChI is InChI=1S/C32H27F2NO6/c1-39-28-14-12-22-18-35(26(32(37)38)17-24(22)30(28)40-19-20-8-4-2-5-9-20)31(36)29(21-10-6-3-7-11-21)41-27-15-13-23(33)16-25(27)34/h2-16,26,29H,17-19H2,1H3,(H,37,38)/t26-,29+/m1/s1. The van der Waals surface area contributed by atoms with Crippen molar-refractivity contribution >= 4 is 11.9 Å². The summed E-state index contributed by atoms with van der Waals surface area (Å²) in [4.78, 5) is 27.7. The Morgan fingerprint density at radius 2 is 1.63 bits per heavy atom. The number of aliphatic carboxylic acids is 1. The number of carboxylic acids is 1. The fourth-order valence-corrected chi connectivity index (χ4v) is 4.85. The first-order valence-electron chi connectivity index (χ1n) is 12.9. The van der Waals surface area contributed by atoms with Crippen molar-refractivity contribution in [3.05, 3.63) is 125 Å². The van der Waals surface area contributed by atoms with Gasteiger partial charge in [-0.05, 0) is 29.3 Å². The molecule has 1 aliphatic rings. The zero-order valence-corrected chi connectivity index (χ0v) is 22.1.